The average Bonchev–Trinajstić information content (AvgIpc) is 3.53. The Morgan fingerprint density at radius 3 is 2.55 bits per heavy atom. The highest BCUT2D eigenvalue weighted by Crippen LogP contribution is 2.43. The lowest BCUT2D eigenvalue weighted by Crippen LogP contribution is -1.91. The highest BCUT2D eigenvalue weighted by molar-refractivity contribution is 6.31. The van der Waals surface area contributed by atoms with Gasteiger partial charge in [0, 0.05) is 57.1 Å². The zero-order valence-corrected chi connectivity index (χ0v) is 16.2. The molecular weight excluding hydrogens is 386 g/mol. The Hall–Kier alpha value is -4.38. The number of pyridine rings is 2. The van der Waals surface area contributed by atoms with Gasteiger partial charge in [0.1, 0.15) is 28.0 Å². The van der Waals surface area contributed by atoms with Crippen LogP contribution in [0.1, 0.15) is 0 Å². The van der Waals surface area contributed by atoms with Crippen molar-refractivity contribution in [2.75, 3.05) is 0 Å². The third-order valence-corrected chi connectivity index (χ3v) is 6.35. The van der Waals surface area contributed by atoms with Gasteiger partial charge in [-0.3, -0.25) is 9.38 Å². The minimum Gasteiger partial charge on any atom is -0.456 e. The van der Waals surface area contributed by atoms with Crippen molar-refractivity contribution in [3.05, 3.63) is 79.4 Å². The predicted octanol–water partition coefficient (Wildman–Crippen LogP) is 6.83. The summed E-state index contributed by atoms with van der Waals surface area (Å²) in [5.74, 6) is 0. The van der Waals surface area contributed by atoms with E-state index in [1.807, 2.05) is 61.2 Å². The Balaban J connectivity index is 1.71. The van der Waals surface area contributed by atoms with Crippen molar-refractivity contribution >= 4 is 71.2 Å². The summed E-state index contributed by atoms with van der Waals surface area (Å²) < 4.78 is 14.7. The largest absolute Gasteiger partial charge is 0.456 e. The summed E-state index contributed by atoms with van der Waals surface area (Å²) in [4.78, 5) is 9.02. The Kier molecular flexibility index (Phi) is 2.60. The topological polar surface area (TPSA) is 56.5 Å². The van der Waals surface area contributed by atoms with Gasteiger partial charge in [-0.15, -0.1) is 0 Å². The van der Waals surface area contributed by atoms with E-state index in [4.69, 9.17) is 8.83 Å². The smallest absolute Gasteiger partial charge is 0.147 e. The molecule has 0 bridgehead atoms. The number of imidazole rings is 1. The third kappa shape index (κ3) is 1.78. The highest BCUT2D eigenvalue weighted by Gasteiger charge is 2.20. The lowest BCUT2D eigenvalue weighted by molar-refractivity contribution is 0.663. The first-order chi connectivity index (χ1) is 15.4. The van der Waals surface area contributed by atoms with Gasteiger partial charge in [-0.25, -0.2) is 4.98 Å². The zero-order chi connectivity index (χ0) is 20.1. The normalized spacial score (nSPS) is 12.5. The van der Waals surface area contributed by atoms with Gasteiger partial charge in [-0.2, -0.15) is 0 Å². The Morgan fingerprint density at radius 1 is 0.645 bits per heavy atom. The lowest BCUT2D eigenvalue weighted by Gasteiger charge is -2.08. The molecule has 0 saturated carbocycles. The van der Waals surface area contributed by atoms with E-state index in [-0.39, 0.29) is 0 Å². The number of rotatable bonds is 0. The molecule has 5 heterocycles. The molecule has 0 aliphatic carbocycles. The van der Waals surface area contributed by atoms with Crippen LogP contribution in [0.4, 0.5) is 0 Å². The number of nitrogens with zero attached hydrogens (tertiary/aromatic N) is 3. The van der Waals surface area contributed by atoms with Crippen molar-refractivity contribution in [2.45, 2.75) is 0 Å². The molecule has 0 saturated heterocycles. The monoisotopic (exact) mass is 399 g/mol. The molecule has 0 amide bonds. The van der Waals surface area contributed by atoms with Crippen LogP contribution in [-0.4, -0.2) is 14.4 Å². The van der Waals surface area contributed by atoms with Gasteiger partial charge in [0.25, 0.3) is 0 Å². The van der Waals surface area contributed by atoms with Crippen LogP contribution in [0.15, 0.2) is 88.2 Å². The summed E-state index contributed by atoms with van der Waals surface area (Å²) in [6.45, 7) is 0. The maximum absolute atomic E-state index is 6.48. The minimum atomic E-state index is 0.834. The van der Waals surface area contributed by atoms with Gasteiger partial charge in [-0.1, -0.05) is 18.2 Å². The van der Waals surface area contributed by atoms with E-state index in [1.165, 1.54) is 0 Å². The summed E-state index contributed by atoms with van der Waals surface area (Å²) in [7, 11) is 0. The van der Waals surface area contributed by atoms with Gasteiger partial charge in [0.2, 0.25) is 0 Å². The van der Waals surface area contributed by atoms with Gasteiger partial charge < -0.3 is 8.83 Å². The molecule has 3 aromatic carbocycles. The maximum Gasteiger partial charge on any atom is 0.147 e. The molecule has 0 fully saturated rings. The Bertz CT molecular complexity index is 2010. The molecule has 144 valence electrons. The Morgan fingerprint density at radius 2 is 1.55 bits per heavy atom. The average molecular weight is 399 g/mol. The maximum atomic E-state index is 6.48. The van der Waals surface area contributed by atoms with E-state index in [2.05, 4.69) is 32.6 Å². The summed E-state index contributed by atoms with van der Waals surface area (Å²) in [5, 5.41) is 7.51. The molecular formula is C26H13N3O2. The van der Waals surface area contributed by atoms with Crippen LogP contribution in [0.2, 0.25) is 0 Å². The number of hydrogen-bond donors (Lipinski definition) is 0. The van der Waals surface area contributed by atoms with Crippen molar-refractivity contribution in [1.82, 2.24) is 14.4 Å². The van der Waals surface area contributed by atoms with Gasteiger partial charge in [0.05, 0.1) is 10.9 Å². The molecule has 31 heavy (non-hydrogen) atoms. The van der Waals surface area contributed by atoms with Gasteiger partial charge in [0.15, 0.2) is 0 Å². The fourth-order valence-electron chi connectivity index (χ4n) is 5.08. The molecule has 0 unspecified atom stereocenters. The molecule has 0 N–H and O–H groups in total. The van der Waals surface area contributed by atoms with E-state index in [0.29, 0.717) is 0 Å². The lowest BCUT2D eigenvalue weighted by atomic mass is 10.0. The molecule has 5 aromatic heterocycles. The summed E-state index contributed by atoms with van der Waals surface area (Å²) in [6.07, 6.45) is 7.59. The summed E-state index contributed by atoms with van der Waals surface area (Å²) in [6, 6.07) is 18.4. The van der Waals surface area contributed by atoms with E-state index >= 15 is 0 Å². The molecule has 0 aliphatic heterocycles. The second kappa shape index (κ2) is 5.21. The van der Waals surface area contributed by atoms with Crippen LogP contribution in [0.5, 0.6) is 0 Å². The number of benzene rings is 3. The van der Waals surface area contributed by atoms with Crippen LogP contribution in [0.25, 0.3) is 71.2 Å². The molecule has 5 heteroatoms. The summed E-state index contributed by atoms with van der Waals surface area (Å²) >= 11 is 0. The van der Waals surface area contributed by atoms with Crippen LogP contribution in [0.3, 0.4) is 0 Å². The van der Waals surface area contributed by atoms with Gasteiger partial charge >= 0.3 is 0 Å². The minimum absolute atomic E-state index is 0.834. The Labute approximate surface area is 174 Å². The van der Waals surface area contributed by atoms with Gasteiger partial charge in [-0.05, 0) is 36.4 Å². The van der Waals surface area contributed by atoms with Crippen molar-refractivity contribution < 1.29 is 8.83 Å². The third-order valence-electron chi connectivity index (χ3n) is 6.35. The SMILES string of the molecule is c1ccc2c(c1)oc1ccc3c(oc4ccc5c(c6cnccc6c6nccn56)c43)c12. The van der Waals surface area contributed by atoms with Crippen LogP contribution in [-0.2, 0) is 0 Å². The van der Waals surface area contributed by atoms with E-state index in [9.17, 15) is 0 Å². The standard InChI is InChI=1S/C26H13N3O2/c1-2-4-19-15(3-1)24-21(30-19)7-5-16-23-20(31-25(16)24)8-6-18-22(23)17-13-27-10-9-14(17)26-28-11-12-29(18)26/h1-13H. The zero-order valence-electron chi connectivity index (χ0n) is 16.2. The quantitative estimate of drug-likeness (QED) is 0.262. The molecule has 8 rings (SSSR count). The molecule has 8 aromatic rings. The first-order valence-corrected chi connectivity index (χ1v) is 10.2. The molecule has 5 nitrogen and oxygen atoms in total. The number of aromatic nitrogens is 3. The number of furan rings is 2. The van der Waals surface area contributed by atoms with Crippen molar-refractivity contribution in [1.29, 1.82) is 0 Å². The van der Waals surface area contributed by atoms with Crippen LogP contribution >= 0.6 is 0 Å². The number of fused-ring (bicyclic) bond motifs is 14. The number of para-hydroxylation sites is 1. The first kappa shape index (κ1) is 15.5. The summed E-state index contributed by atoms with van der Waals surface area (Å²) in [5.41, 5.74) is 5.42. The van der Waals surface area contributed by atoms with Crippen molar-refractivity contribution in [3.8, 4) is 0 Å². The van der Waals surface area contributed by atoms with E-state index in [0.717, 1.165) is 71.2 Å². The van der Waals surface area contributed by atoms with E-state index < -0.39 is 0 Å². The van der Waals surface area contributed by atoms with Crippen molar-refractivity contribution in [3.63, 3.8) is 0 Å². The molecule has 0 radical (unpaired) electrons. The highest BCUT2D eigenvalue weighted by atomic mass is 16.3. The fraction of sp³-hybridized carbons (Fsp3) is 0. The first-order valence-electron chi connectivity index (χ1n) is 10.2. The molecule has 0 atom stereocenters. The van der Waals surface area contributed by atoms with Crippen molar-refractivity contribution in [2.24, 2.45) is 0 Å². The van der Waals surface area contributed by atoms with Crippen LogP contribution in [0, 0.1) is 0 Å². The molecule has 0 aliphatic rings. The predicted molar refractivity (Wildman–Crippen MR) is 123 cm³/mol. The van der Waals surface area contributed by atoms with E-state index in [1.54, 1.807) is 0 Å². The fourth-order valence-corrected chi connectivity index (χ4v) is 5.08. The van der Waals surface area contributed by atoms with Crippen LogP contribution < -0.4 is 0 Å². The second-order valence-corrected chi connectivity index (χ2v) is 7.89. The molecule has 0 spiro atoms. The second-order valence-electron chi connectivity index (χ2n) is 7.89. The number of hydrogen-bond acceptors (Lipinski definition) is 4.